The van der Waals surface area contributed by atoms with E-state index in [-0.39, 0.29) is 5.91 Å². The van der Waals surface area contributed by atoms with Crippen LogP contribution in [0.4, 0.5) is 11.5 Å². The summed E-state index contributed by atoms with van der Waals surface area (Å²) in [5.74, 6) is 0.662. The maximum Gasteiger partial charge on any atom is 0.256 e. The van der Waals surface area contributed by atoms with Crippen LogP contribution in [-0.4, -0.2) is 25.0 Å². The van der Waals surface area contributed by atoms with Gasteiger partial charge in [-0.3, -0.25) is 4.79 Å². The van der Waals surface area contributed by atoms with Crippen LogP contribution in [0.3, 0.4) is 0 Å². The first-order chi connectivity index (χ1) is 9.47. The normalized spacial score (nSPS) is 10.2. The molecule has 1 amide bonds. The minimum atomic E-state index is -0.175. The average Bonchev–Trinajstić information content (AvgIpc) is 2.39. The summed E-state index contributed by atoms with van der Waals surface area (Å²) in [4.78, 5) is 18.3. The summed E-state index contributed by atoms with van der Waals surface area (Å²) >= 11 is 7.97. The Hall–Kier alpha value is -1.34. The molecule has 0 radical (unpaired) electrons. The largest absolute Gasteiger partial charge is 0.363 e. The van der Waals surface area contributed by atoms with Crippen molar-refractivity contribution in [3.8, 4) is 0 Å². The lowest BCUT2D eigenvalue weighted by atomic mass is 10.2. The molecule has 1 aromatic heterocycles. The third-order valence-corrected chi connectivity index (χ3v) is 3.77. The van der Waals surface area contributed by atoms with Crippen molar-refractivity contribution in [2.24, 2.45) is 0 Å². The number of nitrogens with zero attached hydrogens (tertiary/aromatic N) is 2. The molecule has 0 unspecified atom stereocenters. The Kier molecular flexibility index (Phi) is 4.82. The molecule has 0 aliphatic rings. The van der Waals surface area contributed by atoms with E-state index in [1.54, 1.807) is 24.4 Å². The Bertz CT molecular complexity index is 629. The maximum atomic E-state index is 12.2. The molecule has 0 spiro atoms. The highest BCUT2D eigenvalue weighted by atomic mass is 127. The fourth-order valence-corrected chi connectivity index (χ4v) is 2.71. The zero-order valence-electron chi connectivity index (χ0n) is 11.0. The predicted octanol–water partition coefficient (Wildman–Crippen LogP) is 3.66. The first-order valence-corrected chi connectivity index (χ1v) is 7.33. The van der Waals surface area contributed by atoms with E-state index in [0.29, 0.717) is 16.3 Å². The van der Waals surface area contributed by atoms with Crippen molar-refractivity contribution in [1.29, 1.82) is 0 Å². The maximum absolute atomic E-state index is 12.2. The summed E-state index contributed by atoms with van der Waals surface area (Å²) in [6.07, 6.45) is 1.63. The monoisotopic (exact) mass is 401 g/mol. The Morgan fingerprint density at radius 3 is 2.60 bits per heavy atom. The number of aromatic nitrogens is 1. The van der Waals surface area contributed by atoms with E-state index in [0.717, 1.165) is 9.39 Å². The Labute approximate surface area is 136 Å². The zero-order valence-corrected chi connectivity index (χ0v) is 13.9. The van der Waals surface area contributed by atoms with Crippen LogP contribution < -0.4 is 10.2 Å². The van der Waals surface area contributed by atoms with Gasteiger partial charge in [0.05, 0.1) is 17.4 Å². The summed E-state index contributed by atoms with van der Waals surface area (Å²) in [7, 11) is 3.83. The molecule has 0 saturated heterocycles. The minimum Gasteiger partial charge on any atom is -0.363 e. The van der Waals surface area contributed by atoms with Crippen molar-refractivity contribution < 1.29 is 4.79 Å². The molecular formula is C14H13ClIN3O. The second kappa shape index (κ2) is 6.41. The number of nitrogens with one attached hydrogen (secondary N) is 1. The number of hydrogen-bond donors (Lipinski definition) is 1. The molecule has 6 heteroatoms. The molecule has 1 aromatic carbocycles. The molecule has 0 saturated carbocycles. The van der Waals surface area contributed by atoms with Crippen molar-refractivity contribution in [3.05, 3.63) is 50.7 Å². The van der Waals surface area contributed by atoms with Gasteiger partial charge in [0.2, 0.25) is 0 Å². The van der Waals surface area contributed by atoms with Gasteiger partial charge in [0.25, 0.3) is 5.91 Å². The van der Waals surface area contributed by atoms with Gasteiger partial charge in [-0.05, 0) is 52.9 Å². The summed E-state index contributed by atoms with van der Waals surface area (Å²) in [5.41, 5.74) is 1.25. The standard InChI is InChI=1S/C14H13ClIN3O/c1-19(2)13-6-4-10(8-17-13)18-14(20)11-5-3-9(15)7-12(11)16/h3-8H,1-2H3,(H,18,20). The molecule has 1 N–H and O–H groups in total. The van der Waals surface area contributed by atoms with Gasteiger partial charge in [-0.1, -0.05) is 11.6 Å². The molecule has 104 valence electrons. The summed E-state index contributed by atoms with van der Waals surface area (Å²) in [6.45, 7) is 0. The zero-order chi connectivity index (χ0) is 14.7. The van der Waals surface area contributed by atoms with Gasteiger partial charge in [-0.15, -0.1) is 0 Å². The van der Waals surface area contributed by atoms with E-state index in [1.165, 1.54) is 0 Å². The Morgan fingerprint density at radius 2 is 2.05 bits per heavy atom. The molecule has 2 rings (SSSR count). The van der Waals surface area contributed by atoms with E-state index in [4.69, 9.17) is 11.6 Å². The lowest BCUT2D eigenvalue weighted by Crippen LogP contribution is -2.14. The number of halogens is 2. The summed E-state index contributed by atoms with van der Waals surface area (Å²) < 4.78 is 0.811. The first kappa shape index (κ1) is 15.1. The number of pyridine rings is 1. The number of benzene rings is 1. The summed E-state index contributed by atoms with van der Waals surface area (Å²) in [5, 5.41) is 3.43. The molecule has 1 heterocycles. The van der Waals surface area contributed by atoms with Crippen LogP contribution in [0.2, 0.25) is 5.02 Å². The molecule has 0 fully saturated rings. The van der Waals surface area contributed by atoms with Crippen LogP contribution in [0.25, 0.3) is 0 Å². The molecule has 4 nitrogen and oxygen atoms in total. The van der Waals surface area contributed by atoms with Crippen molar-refractivity contribution in [3.63, 3.8) is 0 Å². The number of amides is 1. The van der Waals surface area contributed by atoms with Crippen LogP contribution in [0.15, 0.2) is 36.5 Å². The second-order valence-corrected chi connectivity index (χ2v) is 5.98. The minimum absolute atomic E-state index is 0.175. The predicted molar refractivity (Wildman–Crippen MR) is 90.7 cm³/mol. The van der Waals surface area contributed by atoms with Crippen LogP contribution in [0, 0.1) is 3.57 Å². The molecule has 0 aliphatic carbocycles. The van der Waals surface area contributed by atoms with Crippen molar-refractivity contribution in [1.82, 2.24) is 4.98 Å². The lowest BCUT2D eigenvalue weighted by molar-refractivity contribution is 0.102. The number of rotatable bonds is 3. The molecule has 0 bridgehead atoms. The van der Waals surface area contributed by atoms with Crippen molar-refractivity contribution >= 4 is 51.6 Å². The molecule has 0 atom stereocenters. The van der Waals surface area contributed by atoms with E-state index >= 15 is 0 Å². The highest BCUT2D eigenvalue weighted by Gasteiger charge is 2.10. The van der Waals surface area contributed by atoms with Crippen LogP contribution in [0.5, 0.6) is 0 Å². The van der Waals surface area contributed by atoms with Crippen LogP contribution >= 0.6 is 34.2 Å². The van der Waals surface area contributed by atoms with Gasteiger partial charge in [-0.25, -0.2) is 4.98 Å². The Balaban J connectivity index is 2.15. The third-order valence-electron chi connectivity index (χ3n) is 2.64. The van der Waals surface area contributed by atoms with E-state index < -0.39 is 0 Å². The fourth-order valence-electron chi connectivity index (χ4n) is 1.60. The van der Waals surface area contributed by atoms with Crippen molar-refractivity contribution in [2.45, 2.75) is 0 Å². The van der Waals surface area contributed by atoms with E-state index in [1.807, 2.05) is 31.1 Å². The average molecular weight is 402 g/mol. The van der Waals surface area contributed by atoms with Crippen LogP contribution in [0.1, 0.15) is 10.4 Å². The smallest absolute Gasteiger partial charge is 0.256 e. The van der Waals surface area contributed by atoms with Gasteiger partial charge in [0.1, 0.15) is 5.82 Å². The number of carbonyl (C=O) groups excluding carboxylic acids is 1. The quantitative estimate of drug-likeness (QED) is 0.799. The van der Waals surface area contributed by atoms with Gasteiger partial charge in [0.15, 0.2) is 0 Å². The molecule has 2 aromatic rings. The lowest BCUT2D eigenvalue weighted by Gasteiger charge is -2.12. The highest BCUT2D eigenvalue weighted by molar-refractivity contribution is 14.1. The topological polar surface area (TPSA) is 45.2 Å². The Morgan fingerprint density at radius 1 is 1.30 bits per heavy atom. The third kappa shape index (κ3) is 3.61. The van der Waals surface area contributed by atoms with E-state index in [2.05, 4.69) is 32.9 Å². The van der Waals surface area contributed by atoms with Gasteiger partial charge in [0, 0.05) is 22.7 Å². The number of carbonyl (C=O) groups is 1. The summed E-state index contributed by atoms with van der Waals surface area (Å²) in [6, 6.07) is 8.84. The molecule has 20 heavy (non-hydrogen) atoms. The van der Waals surface area contributed by atoms with Gasteiger partial charge in [-0.2, -0.15) is 0 Å². The second-order valence-electron chi connectivity index (χ2n) is 4.38. The number of anilines is 2. The molecular weight excluding hydrogens is 389 g/mol. The van der Waals surface area contributed by atoms with Gasteiger partial charge >= 0.3 is 0 Å². The number of hydrogen-bond acceptors (Lipinski definition) is 3. The first-order valence-electron chi connectivity index (χ1n) is 5.87. The SMILES string of the molecule is CN(C)c1ccc(NC(=O)c2ccc(Cl)cc2I)cn1. The van der Waals surface area contributed by atoms with Crippen LogP contribution in [-0.2, 0) is 0 Å². The van der Waals surface area contributed by atoms with Crippen molar-refractivity contribution in [2.75, 3.05) is 24.3 Å². The van der Waals surface area contributed by atoms with Gasteiger partial charge < -0.3 is 10.2 Å². The molecule has 0 aliphatic heterocycles. The fraction of sp³-hybridized carbons (Fsp3) is 0.143. The van der Waals surface area contributed by atoms with E-state index in [9.17, 15) is 4.79 Å². The highest BCUT2D eigenvalue weighted by Crippen LogP contribution is 2.19.